The number of nitrogens with one attached hydrogen (secondary N) is 2. The van der Waals surface area contributed by atoms with Crippen molar-refractivity contribution in [3.8, 4) is 0 Å². The molecule has 8 nitrogen and oxygen atoms in total. The molecule has 0 saturated carbocycles. The van der Waals surface area contributed by atoms with Crippen LogP contribution in [0.15, 0.2) is 48.5 Å². The first-order valence-electron chi connectivity index (χ1n) is 9.53. The number of carbonyl (C=O) groups is 2. The maximum absolute atomic E-state index is 12.7. The summed E-state index contributed by atoms with van der Waals surface area (Å²) in [6.45, 7) is 0.641. The number of amides is 2. The molecule has 0 spiro atoms. The van der Waals surface area contributed by atoms with Gasteiger partial charge in [-0.3, -0.25) is 19.6 Å². The molecule has 1 fully saturated rings. The number of imidazole rings is 1. The summed E-state index contributed by atoms with van der Waals surface area (Å²) in [4.78, 5) is 31.4. The zero-order valence-corrected chi connectivity index (χ0v) is 15.9. The Morgan fingerprint density at radius 3 is 2.86 bits per heavy atom. The number of aromatic nitrogens is 4. The molecule has 0 aliphatic carbocycles. The Hall–Kier alpha value is -3.68. The Kier molecular flexibility index (Phi) is 4.04. The highest BCUT2D eigenvalue weighted by Gasteiger charge is 2.36. The van der Waals surface area contributed by atoms with Gasteiger partial charge in [0.1, 0.15) is 5.82 Å². The summed E-state index contributed by atoms with van der Waals surface area (Å²) in [5.74, 6) is 0.709. The Bertz CT molecular complexity index is 1240. The monoisotopic (exact) mass is 388 g/mol. The van der Waals surface area contributed by atoms with E-state index in [0.29, 0.717) is 18.9 Å². The number of hydrogen-bond acceptors (Lipinski definition) is 4. The van der Waals surface area contributed by atoms with E-state index in [1.807, 2.05) is 60.1 Å². The second-order valence-corrected chi connectivity index (χ2v) is 7.29. The average Bonchev–Trinajstić information content (AvgIpc) is 3.42. The standard InChI is InChI=1S/C21H20N6O2/c1-26-17-9-5-4-8-16(17)23-18(26)11-22-21(29)13-10-19(28)27(12-13)20-14-6-2-3-7-15(14)24-25-20/h2-9,13H,10-12H2,1H3,(H,22,29)(H,24,25). The van der Waals surface area contributed by atoms with Gasteiger partial charge in [0, 0.05) is 25.4 Å². The third-order valence-electron chi connectivity index (χ3n) is 5.50. The summed E-state index contributed by atoms with van der Waals surface area (Å²) in [7, 11) is 1.93. The van der Waals surface area contributed by atoms with Crippen LogP contribution in [0.25, 0.3) is 21.9 Å². The third-order valence-corrected chi connectivity index (χ3v) is 5.50. The van der Waals surface area contributed by atoms with Crippen LogP contribution in [0.5, 0.6) is 0 Å². The van der Waals surface area contributed by atoms with E-state index in [1.165, 1.54) is 0 Å². The van der Waals surface area contributed by atoms with Crippen molar-refractivity contribution in [1.82, 2.24) is 25.1 Å². The van der Waals surface area contributed by atoms with Crippen LogP contribution in [0.4, 0.5) is 5.82 Å². The molecule has 2 aromatic carbocycles. The third kappa shape index (κ3) is 2.93. The molecular formula is C21H20N6O2. The number of anilines is 1. The highest BCUT2D eigenvalue weighted by molar-refractivity contribution is 6.05. The van der Waals surface area contributed by atoms with Crippen LogP contribution in [0.2, 0.25) is 0 Å². The zero-order valence-electron chi connectivity index (χ0n) is 15.9. The van der Waals surface area contributed by atoms with Gasteiger partial charge in [-0.1, -0.05) is 24.3 Å². The maximum Gasteiger partial charge on any atom is 0.229 e. The first-order chi connectivity index (χ1) is 14.1. The molecule has 0 bridgehead atoms. The molecule has 2 amide bonds. The van der Waals surface area contributed by atoms with Crippen LogP contribution in [0.1, 0.15) is 12.2 Å². The van der Waals surface area contributed by atoms with Gasteiger partial charge in [0.25, 0.3) is 0 Å². The van der Waals surface area contributed by atoms with Gasteiger partial charge in [-0.15, -0.1) is 0 Å². The van der Waals surface area contributed by atoms with Crippen LogP contribution >= 0.6 is 0 Å². The highest BCUT2D eigenvalue weighted by Crippen LogP contribution is 2.29. The molecule has 1 unspecified atom stereocenters. The minimum Gasteiger partial charge on any atom is -0.349 e. The van der Waals surface area contributed by atoms with Crippen molar-refractivity contribution >= 4 is 39.6 Å². The van der Waals surface area contributed by atoms with Crippen molar-refractivity contribution in [1.29, 1.82) is 0 Å². The summed E-state index contributed by atoms with van der Waals surface area (Å²) >= 11 is 0. The lowest BCUT2D eigenvalue weighted by Crippen LogP contribution is -2.33. The van der Waals surface area contributed by atoms with Crippen LogP contribution in [-0.2, 0) is 23.2 Å². The number of benzene rings is 2. The van der Waals surface area contributed by atoms with Gasteiger partial charge in [0.15, 0.2) is 5.82 Å². The van der Waals surface area contributed by atoms with E-state index in [0.717, 1.165) is 27.8 Å². The molecule has 1 saturated heterocycles. The number of hydrogen-bond donors (Lipinski definition) is 2. The molecule has 4 aromatic rings. The Balaban J connectivity index is 1.29. The van der Waals surface area contributed by atoms with Gasteiger partial charge >= 0.3 is 0 Å². The number of rotatable bonds is 4. The van der Waals surface area contributed by atoms with E-state index in [1.54, 1.807) is 4.90 Å². The topological polar surface area (TPSA) is 95.9 Å². The van der Waals surface area contributed by atoms with Gasteiger partial charge in [-0.05, 0) is 24.3 Å². The Morgan fingerprint density at radius 1 is 1.21 bits per heavy atom. The number of fused-ring (bicyclic) bond motifs is 2. The maximum atomic E-state index is 12.7. The molecule has 5 rings (SSSR count). The van der Waals surface area contributed by atoms with Gasteiger partial charge in [0.2, 0.25) is 11.8 Å². The summed E-state index contributed by atoms with van der Waals surface area (Å²) in [6.07, 6.45) is 0.176. The molecule has 1 aliphatic rings. The minimum atomic E-state index is -0.410. The summed E-state index contributed by atoms with van der Waals surface area (Å²) in [6, 6.07) is 15.5. The molecular weight excluding hydrogens is 368 g/mol. The largest absolute Gasteiger partial charge is 0.349 e. The van der Waals surface area contributed by atoms with E-state index >= 15 is 0 Å². The average molecular weight is 388 g/mol. The normalized spacial score (nSPS) is 16.8. The van der Waals surface area contributed by atoms with E-state index < -0.39 is 5.92 Å². The first kappa shape index (κ1) is 17.4. The molecule has 29 heavy (non-hydrogen) atoms. The molecule has 3 heterocycles. The van der Waals surface area contributed by atoms with Crippen molar-refractivity contribution < 1.29 is 9.59 Å². The smallest absolute Gasteiger partial charge is 0.229 e. The first-order valence-corrected chi connectivity index (χ1v) is 9.53. The van der Waals surface area contributed by atoms with E-state index in [2.05, 4.69) is 20.5 Å². The number of H-pyrrole nitrogens is 1. The van der Waals surface area contributed by atoms with Gasteiger partial charge in [-0.2, -0.15) is 5.10 Å². The summed E-state index contributed by atoms with van der Waals surface area (Å²) in [5, 5.41) is 11.0. The van der Waals surface area contributed by atoms with Crippen LogP contribution in [-0.4, -0.2) is 38.1 Å². The predicted octanol–water partition coefficient (Wildman–Crippen LogP) is 2.12. The van der Waals surface area contributed by atoms with Gasteiger partial charge in [0.05, 0.1) is 29.0 Å². The fourth-order valence-electron chi connectivity index (χ4n) is 3.91. The molecule has 2 aromatic heterocycles. The van der Waals surface area contributed by atoms with Crippen molar-refractivity contribution in [2.24, 2.45) is 13.0 Å². The van der Waals surface area contributed by atoms with Crippen LogP contribution in [0, 0.1) is 5.92 Å². The predicted molar refractivity (Wildman–Crippen MR) is 109 cm³/mol. The van der Waals surface area contributed by atoms with E-state index in [9.17, 15) is 9.59 Å². The quantitative estimate of drug-likeness (QED) is 0.560. The summed E-state index contributed by atoms with van der Waals surface area (Å²) < 4.78 is 1.97. The van der Waals surface area contributed by atoms with E-state index in [-0.39, 0.29) is 18.2 Å². The lowest BCUT2D eigenvalue weighted by molar-refractivity contribution is -0.126. The highest BCUT2D eigenvalue weighted by atomic mass is 16.2. The van der Waals surface area contributed by atoms with Crippen molar-refractivity contribution in [3.63, 3.8) is 0 Å². The number of para-hydroxylation sites is 3. The van der Waals surface area contributed by atoms with Crippen molar-refractivity contribution in [2.75, 3.05) is 11.4 Å². The number of aromatic amines is 1. The van der Waals surface area contributed by atoms with Crippen LogP contribution in [0.3, 0.4) is 0 Å². The van der Waals surface area contributed by atoms with Crippen molar-refractivity contribution in [2.45, 2.75) is 13.0 Å². The molecule has 1 atom stereocenters. The second kappa shape index (κ2) is 6.73. The summed E-state index contributed by atoms with van der Waals surface area (Å²) in [5.41, 5.74) is 2.78. The fourth-order valence-corrected chi connectivity index (χ4v) is 3.91. The molecule has 8 heteroatoms. The number of carbonyl (C=O) groups excluding carboxylic acids is 2. The fraction of sp³-hybridized carbons (Fsp3) is 0.238. The number of nitrogens with zero attached hydrogens (tertiary/aromatic N) is 4. The van der Waals surface area contributed by atoms with Crippen molar-refractivity contribution in [3.05, 3.63) is 54.4 Å². The molecule has 0 radical (unpaired) electrons. The SMILES string of the molecule is Cn1c(CNC(=O)C2CC(=O)N(c3n[nH]c4ccccc34)C2)nc2ccccc21. The number of aryl methyl sites for hydroxylation is 1. The van der Waals surface area contributed by atoms with Gasteiger partial charge in [-0.25, -0.2) is 4.98 Å². The van der Waals surface area contributed by atoms with Gasteiger partial charge < -0.3 is 9.88 Å². The van der Waals surface area contributed by atoms with Crippen LogP contribution < -0.4 is 10.2 Å². The molecule has 1 aliphatic heterocycles. The second-order valence-electron chi connectivity index (χ2n) is 7.29. The minimum absolute atomic E-state index is 0.0925. The zero-order chi connectivity index (χ0) is 20.0. The van der Waals surface area contributed by atoms with E-state index in [4.69, 9.17) is 0 Å². The lowest BCUT2D eigenvalue weighted by atomic mass is 10.1. The molecule has 2 N–H and O–H groups in total. The molecule has 146 valence electrons. The Morgan fingerprint density at radius 2 is 2.00 bits per heavy atom. The Labute approximate surface area is 166 Å². The lowest BCUT2D eigenvalue weighted by Gasteiger charge is -2.14.